The van der Waals surface area contributed by atoms with Gasteiger partial charge in [0.05, 0.1) is 13.2 Å². The zero-order valence-corrected chi connectivity index (χ0v) is 20.0. The maximum atomic E-state index is 13.2. The van der Waals surface area contributed by atoms with Crippen molar-refractivity contribution in [1.29, 1.82) is 0 Å². The van der Waals surface area contributed by atoms with Crippen LogP contribution in [0.1, 0.15) is 21.5 Å². The summed E-state index contributed by atoms with van der Waals surface area (Å²) < 4.78 is 17.4. The Kier molecular flexibility index (Phi) is 6.99. The number of nitrogens with zero attached hydrogens (tertiary/aromatic N) is 2. The molecule has 4 bridgehead atoms. The van der Waals surface area contributed by atoms with Gasteiger partial charge in [0.25, 0.3) is 11.8 Å². The summed E-state index contributed by atoms with van der Waals surface area (Å²) in [4.78, 5) is 32.0. The number of nitrogens with one attached hydrogen (secondary N) is 2. The number of methoxy groups -OCH3 is 1. The first-order valence-corrected chi connectivity index (χ1v) is 11.8. The van der Waals surface area contributed by atoms with E-state index in [1.807, 2.05) is 42.6 Å². The molecule has 2 atom stereocenters. The molecular weight excluding hydrogens is 460 g/mol. The Morgan fingerprint density at radius 1 is 1.11 bits per heavy atom. The third kappa shape index (κ3) is 5.58. The van der Waals surface area contributed by atoms with Crippen LogP contribution in [0.3, 0.4) is 0 Å². The van der Waals surface area contributed by atoms with Crippen LogP contribution in [0.15, 0.2) is 67.0 Å². The highest BCUT2D eigenvalue weighted by molar-refractivity contribution is 5.95. The van der Waals surface area contributed by atoms with Crippen molar-refractivity contribution in [3.05, 3.63) is 83.7 Å². The molecule has 0 unspecified atom stereocenters. The van der Waals surface area contributed by atoms with Crippen molar-refractivity contribution in [1.82, 2.24) is 20.5 Å². The molecule has 2 N–H and O–H groups in total. The number of fused-ring (bicyclic) bond motifs is 7. The summed E-state index contributed by atoms with van der Waals surface area (Å²) in [6.07, 6.45) is 3.35. The zero-order chi connectivity index (χ0) is 24.9. The molecule has 2 amide bonds. The molecule has 2 aromatic carbocycles. The van der Waals surface area contributed by atoms with E-state index >= 15 is 0 Å². The van der Waals surface area contributed by atoms with E-state index in [4.69, 9.17) is 14.2 Å². The lowest BCUT2D eigenvalue weighted by Crippen LogP contribution is -2.45. The minimum absolute atomic E-state index is 0.198. The second kappa shape index (κ2) is 10.7. The molecule has 1 fully saturated rings. The minimum atomic E-state index is -0.278. The number of ether oxygens (including phenoxy) is 3. The van der Waals surface area contributed by atoms with Crippen LogP contribution in [0.2, 0.25) is 0 Å². The van der Waals surface area contributed by atoms with Crippen LogP contribution in [-0.4, -0.2) is 60.7 Å². The number of carbonyl (C=O) groups is 2. The first-order valence-electron chi connectivity index (χ1n) is 11.8. The molecule has 36 heavy (non-hydrogen) atoms. The van der Waals surface area contributed by atoms with Gasteiger partial charge in [-0.3, -0.25) is 19.5 Å². The molecule has 1 saturated heterocycles. The zero-order valence-electron chi connectivity index (χ0n) is 20.0. The van der Waals surface area contributed by atoms with Gasteiger partial charge >= 0.3 is 0 Å². The van der Waals surface area contributed by atoms with Crippen molar-refractivity contribution < 1.29 is 23.8 Å². The Hall–Kier alpha value is -4.11. The smallest absolute Gasteiger partial charge is 0.258 e. The number of benzene rings is 2. The molecule has 3 aliphatic heterocycles. The van der Waals surface area contributed by atoms with E-state index < -0.39 is 0 Å². The lowest BCUT2D eigenvalue weighted by atomic mass is 10.1. The van der Waals surface area contributed by atoms with Gasteiger partial charge in [-0.15, -0.1) is 0 Å². The highest BCUT2D eigenvalue weighted by atomic mass is 16.5. The van der Waals surface area contributed by atoms with Crippen LogP contribution in [0, 0.1) is 0 Å². The number of amides is 2. The molecule has 9 heteroatoms. The van der Waals surface area contributed by atoms with E-state index in [0.29, 0.717) is 49.0 Å². The van der Waals surface area contributed by atoms with E-state index in [-0.39, 0.29) is 30.6 Å². The van der Waals surface area contributed by atoms with Crippen LogP contribution in [0.5, 0.6) is 17.2 Å². The van der Waals surface area contributed by atoms with Crippen molar-refractivity contribution in [2.45, 2.75) is 25.2 Å². The Morgan fingerprint density at radius 3 is 2.75 bits per heavy atom. The highest BCUT2D eigenvalue weighted by Crippen LogP contribution is 2.29. The van der Waals surface area contributed by atoms with Crippen molar-refractivity contribution in [2.75, 3.05) is 26.8 Å². The fourth-order valence-corrected chi connectivity index (χ4v) is 4.43. The molecule has 3 aromatic rings. The van der Waals surface area contributed by atoms with E-state index in [1.54, 1.807) is 24.4 Å². The molecule has 3 aliphatic rings. The number of hydrogen-bond acceptors (Lipinski definition) is 7. The highest BCUT2D eigenvalue weighted by Gasteiger charge is 2.36. The molecular formula is C27H28N4O5. The van der Waals surface area contributed by atoms with Gasteiger partial charge in [0.1, 0.15) is 11.9 Å². The van der Waals surface area contributed by atoms with Gasteiger partial charge in [0.15, 0.2) is 18.1 Å². The molecule has 4 heterocycles. The van der Waals surface area contributed by atoms with Crippen molar-refractivity contribution >= 4 is 11.8 Å². The number of likely N-dealkylation sites (tertiary alicyclic amines) is 1. The van der Waals surface area contributed by atoms with Gasteiger partial charge in [0, 0.05) is 44.1 Å². The monoisotopic (exact) mass is 488 g/mol. The maximum absolute atomic E-state index is 13.2. The normalized spacial score (nSPS) is 20.4. The standard InChI is InChI=1S/C27H28N4O5/c1-34-23-9-6-20-11-24(23)35-17-26(32)29-13-18-4-7-21(8-5-18)36-25-16-31(15-22(25)30-27(20)33)14-19-3-2-10-28-12-19/h2-12,22,25H,13-17H2,1H3,(H,29,32)(H,30,33)/t22-,25-/m0/s1. The van der Waals surface area contributed by atoms with Gasteiger partial charge in [0.2, 0.25) is 0 Å². The molecule has 0 radical (unpaired) electrons. The Morgan fingerprint density at radius 2 is 1.97 bits per heavy atom. The Bertz CT molecular complexity index is 1220. The molecule has 6 rings (SSSR count). The van der Waals surface area contributed by atoms with E-state index in [1.165, 1.54) is 7.11 Å². The molecule has 0 aliphatic carbocycles. The average Bonchev–Trinajstić information content (AvgIpc) is 3.26. The number of rotatable bonds is 3. The summed E-state index contributed by atoms with van der Waals surface area (Å²) in [5.74, 6) is 0.938. The maximum Gasteiger partial charge on any atom is 0.258 e. The largest absolute Gasteiger partial charge is 0.493 e. The second-order valence-electron chi connectivity index (χ2n) is 8.87. The predicted molar refractivity (Wildman–Crippen MR) is 132 cm³/mol. The van der Waals surface area contributed by atoms with Gasteiger partial charge in [-0.1, -0.05) is 18.2 Å². The second-order valence-corrected chi connectivity index (χ2v) is 8.87. The molecule has 9 nitrogen and oxygen atoms in total. The SMILES string of the molecule is COc1ccc2cc1OCC(=O)NCc1ccc(cc1)O[C@H]1CN(Cc3cccnc3)C[C@@H]1NC2=O. The number of aromatic nitrogens is 1. The topological polar surface area (TPSA) is 102 Å². The summed E-state index contributed by atoms with van der Waals surface area (Å²) in [5, 5.41) is 5.97. The lowest BCUT2D eigenvalue weighted by molar-refractivity contribution is -0.123. The Balaban J connectivity index is 1.42. The fraction of sp³-hybridized carbons (Fsp3) is 0.296. The fourth-order valence-electron chi connectivity index (χ4n) is 4.43. The van der Waals surface area contributed by atoms with E-state index in [0.717, 1.165) is 11.1 Å². The van der Waals surface area contributed by atoms with Crippen LogP contribution >= 0.6 is 0 Å². The summed E-state index contributed by atoms with van der Waals surface area (Å²) in [7, 11) is 1.51. The van der Waals surface area contributed by atoms with Crippen LogP contribution in [0.25, 0.3) is 0 Å². The first kappa shape index (κ1) is 23.6. The van der Waals surface area contributed by atoms with Crippen LogP contribution in [0.4, 0.5) is 0 Å². The molecule has 1 aromatic heterocycles. The van der Waals surface area contributed by atoms with Crippen LogP contribution in [-0.2, 0) is 17.9 Å². The third-order valence-corrected chi connectivity index (χ3v) is 6.27. The summed E-state index contributed by atoms with van der Waals surface area (Å²) >= 11 is 0. The number of pyridine rings is 1. The van der Waals surface area contributed by atoms with E-state index in [9.17, 15) is 9.59 Å². The average molecular weight is 489 g/mol. The predicted octanol–water partition coefficient (Wildman–Crippen LogP) is 2.16. The summed E-state index contributed by atoms with van der Waals surface area (Å²) in [5.41, 5.74) is 2.44. The molecule has 0 saturated carbocycles. The lowest BCUT2D eigenvalue weighted by Gasteiger charge is -2.21. The Labute approximate surface area is 209 Å². The number of carbonyl (C=O) groups excluding carboxylic acids is 2. The van der Waals surface area contributed by atoms with Gasteiger partial charge in [-0.25, -0.2) is 0 Å². The van der Waals surface area contributed by atoms with Crippen molar-refractivity contribution in [2.24, 2.45) is 0 Å². The van der Waals surface area contributed by atoms with E-state index in [2.05, 4.69) is 20.5 Å². The van der Waals surface area contributed by atoms with Gasteiger partial charge in [-0.2, -0.15) is 0 Å². The minimum Gasteiger partial charge on any atom is -0.493 e. The third-order valence-electron chi connectivity index (χ3n) is 6.27. The quantitative estimate of drug-likeness (QED) is 0.583. The van der Waals surface area contributed by atoms with Crippen molar-refractivity contribution in [3.63, 3.8) is 0 Å². The van der Waals surface area contributed by atoms with Gasteiger partial charge < -0.3 is 24.8 Å². The van der Waals surface area contributed by atoms with Gasteiger partial charge in [-0.05, 0) is 47.5 Å². The first-order chi connectivity index (χ1) is 17.6. The van der Waals surface area contributed by atoms with Crippen LogP contribution < -0.4 is 24.8 Å². The summed E-state index contributed by atoms with van der Waals surface area (Å²) in [6.45, 7) is 2.15. The molecule has 186 valence electrons. The number of hydrogen-bond donors (Lipinski definition) is 2. The summed E-state index contributed by atoms with van der Waals surface area (Å²) in [6, 6.07) is 16.2. The molecule has 0 spiro atoms. The van der Waals surface area contributed by atoms with Crippen molar-refractivity contribution in [3.8, 4) is 17.2 Å².